The Kier molecular flexibility index (Phi) is 4.12. The summed E-state index contributed by atoms with van der Waals surface area (Å²) in [5.41, 5.74) is 3.58. The van der Waals surface area contributed by atoms with Crippen LogP contribution in [0, 0.1) is 6.92 Å². The molecule has 3 nitrogen and oxygen atoms in total. The second-order valence-electron chi connectivity index (χ2n) is 4.13. The molecule has 0 spiro atoms. The maximum absolute atomic E-state index is 11.9. The van der Waals surface area contributed by atoms with Crippen LogP contribution in [-0.2, 0) is 13.2 Å². The average Bonchev–Trinajstić information content (AvgIpc) is 2.82. The van der Waals surface area contributed by atoms with Crippen LogP contribution in [0.1, 0.15) is 27.0 Å². The van der Waals surface area contributed by atoms with Gasteiger partial charge in [-0.3, -0.25) is 4.79 Å². The molecule has 0 saturated heterocycles. The first-order chi connectivity index (χ1) is 8.70. The highest BCUT2D eigenvalue weighted by Crippen LogP contribution is 2.13. The molecule has 1 amide bonds. The number of benzene rings is 1. The molecule has 0 atom stereocenters. The molecular formula is C14H15NO2S. The number of hydrogen-bond acceptors (Lipinski definition) is 3. The van der Waals surface area contributed by atoms with Crippen LogP contribution in [0.25, 0.3) is 0 Å². The predicted molar refractivity (Wildman–Crippen MR) is 72.6 cm³/mol. The Hall–Kier alpha value is -1.65. The van der Waals surface area contributed by atoms with Crippen molar-refractivity contribution in [3.63, 3.8) is 0 Å². The summed E-state index contributed by atoms with van der Waals surface area (Å²) in [5.74, 6) is -0.0526. The summed E-state index contributed by atoms with van der Waals surface area (Å²) in [4.78, 5) is 11.9. The van der Waals surface area contributed by atoms with Crippen molar-refractivity contribution >= 4 is 17.2 Å². The van der Waals surface area contributed by atoms with Gasteiger partial charge in [-0.2, -0.15) is 11.3 Å². The number of carbonyl (C=O) groups excluding carboxylic acids is 1. The lowest BCUT2D eigenvalue weighted by molar-refractivity contribution is 0.0951. The van der Waals surface area contributed by atoms with Crippen molar-refractivity contribution in [1.82, 2.24) is 5.32 Å². The van der Waals surface area contributed by atoms with Crippen LogP contribution in [0.2, 0.25) is 0 Å². The Balaban J connectivity index is 1.99. The molecule has 4 heteroatoms. The van der Waals surface area contributed by atoms with E-state index < -0.39 is 0 Å². The van der Waals surface area contributed by atoms with Gasteiger partial charge in [0.2, 0.25) is 0 Å². The van der Waals surface area contributed by atoms with Gasteiger partial charge in [0, 0.05) is 11.9 Å². The van der Waals surface area contributed by atoms with Gasteiger partial charge in [0.1, 0.15) is 0 Å². The molecule has 0 bridgehead atoms. The highest BCUT2D eigenvalue weighted by atomic mass is 32.1. The summed E-state index contributed by atoms with van der Waals surface area (Å²) in [7, 11) is 0. The maximum Gasteiger partial charge on any atom is 0.252 e. The van der Waals surface area contributed by atoms with E-state index in [9.17, 15) is 4.79 Å². The van der Waals surface area contributed by atoms with Gasteiger partial charge in [-0.15, -0.1) is 0 Å². The molecule has 0 radical (unpaired) electrons. The Morgan fingerprint density at radius 2 is 2.11 bits per heavy atom. The van der Waals surface area contributed by atoms with Crippen LogP contribution >= 0.6 is 11.3 Å². The summed E-state index contributed by atoms with van der Waals surface area (Å²) >= 11 is 1.53. The molecule has 18 heavy (non-hydrogen) atoms. The molecule has 0 aliphatic rings. The maximum atomic E-state index is 11.9. The Morgan fingerprint density at radius 1 is 1.33 bits per heavy atom. The first kappa shape index (κ1) is 12.8. The molecule has 2 aromatic rings. The molecule has 1 heterocycles. The van der Waals surface area contributed by atoms with Crippen LogP contribution < -0.4 is 5.32 Å². The molecular weight excluding hydrogens is 246 g/mol. The highest BCUT2D eigenvalue weighted by Gasteiger charge is 2.09. The summed E-state index contributed by atoms with van der Waals surface area (Å²) in [5, 5.41) is 15.7. The molecule has 94 valence electrons. The third-order valence-corrected chi connectivity index (χ3v) is 3.59. The highest BCUT2D eigenvalue weighted by molar-refractivity contribution is 7.08. The van der Waals surface area contributed by atoms with E-state index in [1.807, 2.05) is 41.9 Å². The van der Waals surface area contributed by atoms with Gasteiger partial charge in [-0.05, 0) is 29.0 Å². The van der Waals surface area contributed by atoms with Crippen molar-refractivity contribution in [2.75, 3.05) is 0 Å². The molecule has 0 saturated carbocycles. The number of aliphatic hydroxyl groups is 1. The summed E-state index contributed by atoms with van der Waals surface area (Å²) < 4.78 is 0. The number of aliphatic hydroxyl groups excluding tert-OH is 1. The Morgan fingerprint density at radius 3 is 2.78 bits per heavy atom. The molecule has 1 aromatic carbocycles. The van der Waals surface area contributed by atoms with Crippen molar-refractivity contribution in [3.8, 4) is 0 Å². The van der Waals surface area contributed by atoms with Crippen molar-refractivity contribution in [2.24, 2.45) is 0 Å². The van der Waals surface area contributed by atoms with Gasteiger partial charge >= 0.3 is 0 Å². The molecule has 1 aromatic heterocycles. The number of nitrogens with one attached hydrogen (secondary N) is 1. The van der Waals surface area contributed by atoms with Crippen LogP contribution in [0.5, 0.6) is 0 Å². The lowest BCUT2D eigenvalue weighted by Gasteiger charge is -2.06. The zero-order valence-electron chi connectivity index (χ0n) is 10.1. The Bertz CT molecular complexity index is 548. The normalized spacial score (nSPS) is 10.3. The van der Waals surface area contributed by atoms with E-state index in [-0.39, 0.29) is 12.5 Å². The third kappa shape index (κ3) is 2.97. The summed E-state index contributed by atoms with van der Waals surface area (Å²) in [6.07, 6.45) is 0. The molecule has 0 fully saturated rings. The van der Waals surface area contributed by atoms with E-state index in [1.165, 1.54) is 11.3 Å². The van der Waals surface area contributed by atoms with Crippen molar-refractivity contribution in [3.05, 3.63) is 57.3 Å². The SMILES string of the molecule is Cc1cscc1C(=O)NCc1cccc(CO)c1. The minimum absolute atomic E-state index is 0.0193. The largest absolute Gasteiger partial charge is 0.392 e. The van der Waals surface area contributed by atoms with Crippen molar-refractivity contribution < 1.29 is 9.90 Å². The topological polar surface area (TPSA) is 49.3 Å². The van der Waals surface area contributed by atoms with Crippen molar-refractivity contribution in [1.29, 1.82) is 0 Å². The van der Waals surface area contributed by atoms with Gasteiger partial charge in [-0.25, -0.2) is 0 Å². The van der Waals surface area contributed by atoms with E-state index in [0.29, 0.717) is 6.54 Å². The van der Waals surface area contributed by atoms with E-state index in [1.54, 1.807) is 0 Å². The molecule has 2 N–H and O–H groups in total. The number of carbonyl (C=O) groups is 1. The number of amides is 1. The number of rotatable bonds is 4. The van der Waals surface area contributed by atoms with Crippen molar-refractivity contribution in [2.45, 2.75) is 20.1 Å². The van der Waals surface area contributed by atoms with Crippen LogP contribution in [0.15, 0.2) is 35.0 Å². The molecule has 0 aliphatic carbocycles. The van der Waals surface area contributed by atoms with E-state index >= 15 is 0 Å². The minimum atomic E-state index is -0.0526. The van der Waals surface area contributed by atoms with E-state index in [4.69, 9.17) is 5.11 Å². The van der Waals surface area contributed by atoms with Crippen LogP contribution in [-0.4, -0.2) is 11.0 Å². The van der Waals surface area contributed by atoms with Crippen LogP contribution in [0.4, 0.5) is 0 Å². The van der Waals surface area contributed by atoms with E-state index in [0.717, 1.165) is 22.3 Å². The second-order valence-corrected chi connectivity index (χ2v) is 4.87. The number of hydrogen-bond donors (Lipinski definition) is 2. The number of thiophene rings is 1. The fraction of sp³-hybridized carbons (Fsp3) is 0.214. The zero-order valence-corrected chi connectivity index (χ0v) is 11.0. The monoisotopic (exact) mass is 261 g/mol. The molecule has 0 aliphatic heterocycles. The lowest BCUT2D eigenvalue weighted by Crippen LogP contribution is -2.22. The zero-order chi connectivity index (χ0) is 13.0. The summed E-state index contributed by atoms with van der Waals surface area (Å²) in [6.45, 7) is 2.42. The second kappa shape index (κ2) is 5.80. The first-order valence-corrected chi connectivity index (χ1v) is 6.64. The first-order valence-electron chi connectivity index (χ1n) is 5.70. The average molecular weight is 261 g/mol. The molecule has 2 rings (SSSR count). The van der Waals surface area contributed by atoms with Gasteiger partial charge in [0.05, 0.1) is 12.2 Å². The third-order valence-electron chi connectivity index (χ3n) is 2.73. The van der Waals surface area contributed by atoms with Gasteiger partial charge in [-0.1, -0.05) is 24.3 Å². The van der Waals surface area contributed by atoms with Gasteiger partial charge < -0.3 is 10.4 Å². The number of aryl methyl sites for hydroxylation is 1. The standard InChI is InChI=1S/C14H15NO2S/c1-10-8-18-9-13(10)14(17)15-6-11-3-2-4-12(5-11)7-16/h2-5,8-9,16H,6-7H2,1H3,(H,15,17). The fourth-order valence-electron chi connectivity index (χ4n) is 1.71. The van der Waals surface area contributed by atoms with Crippen LogP contribution in [0.3, 0.4) is 0 Å². The smallest absolute Gasteiger partial charge is 0.252 e. The Labute approximate surface area is 110 Å². The lowest BCUT2D eigenvalue weighted by atomic mass is 10.1. The van der Waals surface area contributed by atoms with Gasteiger partial charge in [0.15, 0.2) is 0 Å². The minimum Gasteiger partial charge on any atom is -0.392 e. The van der Waals surface area contributed by atoms with Gasteiger partial charge in [0.25, 0.3) is 5.91 Å². The van der Waals surface area contributed by atoms with E-state index in [2.05, 4.69) is 5.32 Å². The quantitative estimate of drug-likeness (QED) is 0.888. The fourth-order valence-corrected chi connectivity index (χ4v) is 2.54. The summed E-state index contributed by atoms with van der Waals surface area (Å²) in [6, 6.07) is 7.55. The predicted octanol–water partition coefficient (Wildman–Crippen LogP) is 2.48. The molecule has 0 unspecified atom stereocenters.